The zero-order valence-electron chi connectivity index (χ0n) is 11.7. The zero-order chi connectivity index (χ0) is 13.2. The van der Waals surface area contributed by atoms with Crippen LogP contribution in [0.2, 0.25) is 0 Å². The van der Waals surface area contributed by atoms with E-state index in [-0.39, 0.29) is 5.54 Å². The minimum atomic E-state index is 0.0580. The lowest BCUT2D eigenvalue weighted by atomic mass is 10.1. The second-order valence-corrected chi connectivity index (χ2v) is 5.87. The molecule has 18 heavy (non-hydrogen) atoms. The van der Waals surface area contributed by atoms with Crippen LogP contribution in [0.3, 0.4) is 0 Å². The van der Waals surface area contributed by atoms with Crippen LogP contribution in [-0.4, -0.2) is 53.9 Å². The summed E-state index contributed by atoms with van der Waals surface area (Å²) >= 11 is 0. The molecular weight excluding hydrogens is 230 g/mol. The van der Waals surface area contributed by atoms with Crippen LogP contribution in [0.1, 0.15) is 26.7 Å². The fourth-order valence-corrected chi connectivity index (χ4v) is 1.78. The molecule has 2 rings (SSSR count). The summed E-state index contributed by atoms with van der Waals surface area (Å²) in [5.41, 5.74) is 0.0580. The van der Waals surface area contributed by atoms with Crippen molar-refractivity contribution in [1.82, 2.24) is 20.4 Å². The van der Waals surface area contributed by atoms with E-state index >= 15 is 0 Å². The Labute approximate surface area is 108 Å². The second kappa shape index (κ2) is 5.24. The summed E-state index contributed by atoms with van der Waals surface area (Å²) < 4.78 is 5.68. The molecule has 0 spiro atoms. The molecule has 2 heterocycles. The summed E-state index contributed by atoms with van der Waals surface area (Å²) in [6.45, 7) is 10.9. The summed E-state index contributed by atoms with van der Waals surface area (Å²) in [6.07, 6.45) is 0. The van der Waals surface area contributed by atoms with Crippen LogP contribution in [0, 0.1) is 0 Å². The van der Waals surface area contributed by atoms with E-state index in [0.717, 1.165) is 26.2 Å². The molecule has 0 amide bonds. The highest BCUT2D eigenvalue weighted by atomic mass is 16.4. The van der Waals surface area contributed by atoms with Gasteiger partial charge in [0.2, 0.25) is 5.89 Å². The summed E-state index contributed by atoms with van der Waals surface area (Å²) in [7, 11) is 2.13. The third-order valence-corrected chi connectivity index (χ3v) is 3.00. The molecule has 1 aliphatic heterocycles. The topological polar surface area (TPSA) is 57.4 Å². The van der Waals surface area contributed by atoms with Crippen molar-refractivity contribution in [3.05, 3.63) is 5.89 Å². The summed E-state index contributed by atoms with van der Waals surface area (Å²) in [6, 6.07) is 0.647. The maximum Gasteiger partial charge on any atom is 0.318 e. The van der Waals surface area contributed by atoms with Gasteiger partial charge in [-0.1, -0.05) is 5.10 Å². The Hall–Kier alpha value is -1.14. The summed E-state index contributed by atoms with van der Waals surface area (Å²) in [5.74, 6) is 0.652. The van der Waals surface area contributed by atoms with Gasteiger partial charge in [-0.05, 0) is 27.8 Å². The number of piperazine rings is 1. The van der Waals surface area contributed by atoms with Crippen molar-refractivity contribution in [2.45, 2.75) is 32.9 Å². The lowest BCUT2D eigenvalue weighted by Crippen LogP contribution is -2.44. The fourth-order valence-electron chi connectivity index (χ4n) is 1.78. The average molecular weight is 253 g/mol. The highest BCUT2D eigenvalue weighted by molar-refractivity contribution is 5.25. The van der Waals surface area contributed by atoms with E-state index in [1.807, 2.05) is 0 Å². The average Bonchev–Trinajstić information content (AvgIpc) is 2.75. The lowest BCUT2D eigenvalue weighted by Gasteiger charge is -2.30. The van der Waals surface area contributed by atoms with E-state index in [1.54, 1.807) is 0 Å². The standard InChI is InChI=1S/C12H23N5O/c1-12(2,3)13-9-10-14-15-11(18-10)17-7-5-16(4)6-8-17/h13H,5-9H2,1-4H3. The van der Waals surface area contributed by atoms with Crippen molar-refractivity contribution in [2.75, 3.05) is 38.1 Å². The summed E-state index contributed by atoms with van der Waals surface area (Å²) in [4.78, 5) is 4.45. The van der Waals surface area contributed by atoms with E-state index in [9.17, 15) is 0 Å². The highest BCUT2D eigenvalue weighted by Gasteiger charge is 2.19. The Morgan fingerprint density at radius 1 is 1.17 bits per heavy atom. The van der Waals surface area contributed by atoms with Crippen LogP contribution in [0.25, 0.3) is 0 Å². The maximum atomic E-state index is 5.68. The van der Waals surface area contributed by atoms with Gasteiger partial charge >= 0.3 is 6.01 Å². The van der Waals surface area contributed by atoms with Crippen molar-refractivity contribution in [3.8, 4) is 0 Å². The molecule has 0 radical (unpaired) electrons. The Balaban J connectivity index is 1.90. The molecule has 1 fully saturated rings. The normalized spacial score (nSPS) is 18.3. The summed E-state index contributed by atoms with van der Waals surface area (Å²) in [5, 5.41) is 11.5. The van der Waals surface area contributed by atoms with E-state index in [1.165, 1.54) is 0 Å². The van der Waals surface area contributed by atoms with E-state index in [0.29, 0.717) is 18.5 Å². The molecule has 1 saturated heterocycles. The minimum Gasteiger partial charge on any atom is -0.407 e. The molecular formula is C12H23N5O. The molecule has 0 atom stereocenters. The molecule has 1 aliphatic rings. The van der Waals surface area contributed by atoms with Crippen molar-refractivity contribution >= 4 is 6.01 Å². The molecule has 1 aromatic heterocycles. The Kier molecular flexibility index (Phi) is 3.87. The Morgan fingerprint density at radius 3 is 2.44 bits per heavy atom. The predicted molar refractivity (Wildman–Crippen MR) is 70.6 cm³/mol. The molecule has 0 aliphatic carbocycles. The minimum absolute atomic E-state index is 0.0580. The van der Waals surface area contributed by atoms with Crippen LogP contribution < -0.4 is 10.2 Å². The third kappa shape index (κ3) is 3.68. The van der Waals surface area contributed by atoms with Gasteiger partial charge < -0.3 is 19.5 Å². The molecule has 0 saturated carbocycles. The smallest absolute Gasteiger partial charge is 0.318 e. The van der Waals surface area contributed by atoms with Gasteiger partial charge in [0.15, 0.2) is 0 Å². The SMILES string of the molecule is CN1CCN(c2nnc(CNC(C)(C)C)o2)CC1. The van der Waals surface area contributed by atoms with Crippen LogP contribution in [0.5, 0.6) is 0 Å². The Bertz CT molecular complexity index is 376. The van der Waals surface area contributed by atoms with Crippen molar-refractivity contribution < 1.29 is 4.42 Å². The van der Waals surface area contributed by atoms with Crippen molar-refractivity contribution in [3.63, 3.8) is 0 Å². The van der Waals surface area contributed by atoms with Gasteiger partial charge in [0, 0.05) is 31.7 Å². The zero-order valence-corrected chi connectivity index (χ0v) is 11.7. The maximum absolute atomic E-state index is 5.68. The van der Waals surface area contributed by atoms with Crippen LogP contribution in [-0.2, 0) is 6.54 Å². The van der Waals surface area contributed by atoms with Gasteiger partial charge in [-0.2, -0.15) is 0 Å². The first-order valence-electron chi connectivity index (χ1n) is 6.45. The quantitative estimate of drug-likeness (QED) is 0.856. The van der Waals surface area contributed by atoms with E-state index < -0.39 is 0 Å². The van der Waals surface area contributed by atoms with Gasteiger partial charge in [0.25, 0.3) is 0 Å². The van der Waals surface area contributed by atoms with Gasteiger partial charge in [-0.3, -0.25) is 0 Å². The molecule has 6 heteroatoms. The lowest BCUT2D eigenvalue weighted by molar-refractivity contribution is 0.302. The number of likely N-dealkylation sites (N-methyl/N-ethyl adjacent to an activating group) is 1. The van der Waals surface area contributed by atoms with Crippen LogP contribution in [0.4, 0.5) is 6.01 Å². The number of hydrogen-bond acceptors (Lipinski definition) is 6. The molecule has 0 aromatic carbocycles. The first kappa shape index (κ1) is 13.3. The Morgan fingerprint density at radius 2 is 1.83 bits per heavy atom. The van der Waals surface area contributed by atoms with Crippen molar-refractivity contribution in [1.29, 1.82) is 0 Å². The van der Waals surface area contributed by atoms with Crippen LogP contribution >= 0.6 is 0 Å². The third-order valence-electron chi connectivity index (χ3n) is 3.00. The highest BCUT2D eigenvalue weighted by Crippen LogP contribution is 2.14. The fraction of sp³-hybridized carbons (Fsp3) is 0.833. The number of aromatic nitrogens is 2. The number of hydrogen-bond donors (Lipinski definition) is 1. The largest absolute Gasteiger partial charge is 0.407 e. The number of rotatable bonds is 3. The van der Waals surface area contributed by atoms with E-state index in [4.69, 9.17) is 4.42 Å². The molecule has 102 valence electrons. The van der Waals surface area contributed by atoms with Crippen molar-refractivity contribution in [2.24, 2.45) is 0 Å². The van der Waals surface area contributed by atoms with Crippen LogP contribution in [0.15, 0.2) is 4.42 Å². The molecule has 1 N–H and O–H groups in total. The van der Waals surface area contributed by atoms with Gasteiger partial charge in [-0.25, -0.2) is 0 Å². The van der Waals surface area contributed by atoms with E-state index in [2.05, 4.69) is 53.1 Å². The number of nitrogens with zero attached hydrogens (tertiary/aromatic N) is 4. The molecule has 6 nitrogen and oxygen atoms in total. The first-order chi connectivity index (χ1) is 8.44. The molecule has 0 unspecified atom stereocenters. The van der Waals surface area contributed by atoms with Gasteiger partial charge in [0.05, 0.1) is 6.54 Å². The van der Waals surface area contributed by atoms with Gasteiger partial charge in [-0.15, -0.1) is 5.10 Å². The predicted octanol–water partition coefficient (Wildman–Crippen LogP) is 0.710. The molecule has 1 aromatic rings. The monoisotopic (exact) mass is 253 g/mol. The number of nitrogens with one attached hydrogen (secondary N) is 1. The molecule has 0 bridgehead atoms. The second-order valence-electron chi connectivity index (χ2n) is 5.87. The first-order valence-corrected chi connectivity index (χ1v) is 6.45. The number of anilines is 1. The van der Waals surface area contributed by atoms with Gasteiger partial charge in [0.1, 0.15) is 0 Å².